The maximum Gasteiger partial charge on any atom is 0.164 e. The lowest BCUT2D eigenvalue weighted by Crippen LogP contribution is -2.20. The highest BCUT2D eigenvalue weighted by molar-refractivity contribution is 6.30. The molecule has 5 heteroatoms. The molecular formula is C15H13ClF3N. The highest BCUT2D eigenvalue weighted by Crippen LogP contribution is 2.28. The number of nitrogens with one attached hydrogen (secondary N) is 1. The predicted molar refractivity (Wildman–Crippen MR) is 73.4 cm³/mol. The average Bonchev–Trinajstić information content (AvgIpc) is 2.43. The van der Waals surface area contributed by atoms with Gasteiger partial charge in [0.2, 0.25) is 0 Å². The lowest BCUT2D eigenvalue weighted by atomic mass is 9.97. The molecular weight excluding hydrogens is 287 g/mol. The van der Waals surface area contributed by atoms with Crippen molar-refractivity contribution in [3.63, 3.8) is 0 Å². The van der Waals surface area contributed by atoms with E-state index >= 15 is 0 Å². The molecule has 1 atom stereocenters. The van der Waals surface area contributed by atoms with Gasteiger partial charge in [-0.1, -0.05) is 29.8 Å². The van der Waals surface area contributed by atoms with Gasteiger partial charge >= 0.3 is 0 Å². The molecule has 0 aliphatic heterocycles. The molecule has 106 valence electrons. The Bertz CT molecular complexity index is 643. The van der Waals surface area contributed by atoms with Gasteiger partial charge in [0, 0.05) is 5.56 Å². The van der Waals surface area contributed by atoms with Crippen LogP contribution in [-0.2, 0) is 0 Å². The van der Waals surface area contributed by atoms with Gasteiger partial charge in [0.1, 0.15) is 5.82 Å². The summed E-state index contributed by atoms with van der Waals surface area (Å²) in [5.74, 6) is -2.42. The standard InChI is InChI=1S/C15H13ClF3N/c1-8-3-5-10(14(19)13(8)18)15(20-2)9-4-6-11(16)12(17)7-9/h3-7,15,20H,1-2H3. The maximum absolute atomic E-state index is 14.0. The fraction of sp³-hybridized carbons (Fsp3) is 0.200. The molecule has 1 unspecified atom stereocenters. The van der Waals surface area contributed by atoms with Crippen LogP contribution in [0.3, 0.4) is 0 Å². The monoisotopic (exact) mass is 299 g/mol. The molecule has 2 aromatic rings. The molecule has 2 aromatic carbocycles. The van der Waals surface area contributed by atoms with Crippen LogP contribution in [0.15, 0.2) is 30.3 Å². The summed E-state index contributed by atoms with van der Waals surface area (Å²) >= 11 is 5.62. The summed E-state index contributed by atoms with van der Waals surface area (Å²) in [6, 6.07) is 6.49. The van der Waals surface area contributed by atoms with Crippen LogP contribution in [0.25, 0.3) is 0 Å². The zero-order chi connectivity index (χ0) is 14.9. The van der Waals surface area contributed by atoms with Gasteiger partial charge in [0.05, 0.1) is 11.1 Å². The van der Waals surface area contributed by atoms with Crippen LogP contribution in [0.1, 0.15) is 22.7 Å². The summed E-state index contributed by atoms with van der Waals surface area (Å²) in [4.78, 5) is 0. The molecule has 0 aliphatic rings. The Morgan fingerprint density at radius 2 is 1.75 bits per heavy atom. The summed E-state index contributed by atoms with van der Waals surface area (Å²) in [6.45, 7) is 1.48. The van der Waals surface area contributed by atoms with Gasteiger partial charge in [0.15, 0.2) is 11.6 Å². The van der Waals surface area contributed by atoms with E-state index in [1.807, 2.05) is 0 Å². The molecule has 1 N–H and O–H groups in total. The molecule has 1 nitrogen and oxygen atoms in total. The predicted octanol–water partition coefficient (Wildman–Crippen LogP) is 4.37. The Hall–Kier alpha value is -1.52. The zero-order valence-corrected chi connectivity index (χ0v) is 11.7. The molecule has 0 saturated heterocycles. The quantitative estimate of drug-likeness (QED) is 0.887. The van der Waals surface area contributed by atoms with Crippen molar-refractivity contribution in [3.8, 4) is 0 Å². The third-order valence-corrected chi connectivity index (χ3v) is 3.49. The molecule has 0 radical (unpaired) electrons. The van der Waals surface area contributed by atoms with Crippen molar-refractivity contribution in [2.45, 2.75) is 13.0 Å². The summed E-state index contributed by atoms with van der Waals surface area (Å²) in [5, 5.41) is 2.84. The van der Waals surface area contributed by atoms with Crippen LogP contribution >= 0.6 is 11.6 Å². The van der Waals surface area contributed by atoms with E-state index in [2.05, 4.69) is 5.32 Å². The van der Waals surface area contributed by atoms with Crippen LogP contribution in [0.5, 0.6) is 0 Å². The van der Waals surface area contributed by atoms with Crippen molar-refractivity contribution in [2.24, 2.45) is 0 Å². The van der Waals surface area contributed by atoms with Crippen LogP contribution in [-0.4, -0.2) is 7.05 Å². The normalized spacial score (nSPS) is 12.5. The molecule has 0 amide bonds. The summed E-state index contributed by atoms with van der Waals surface area (Å²) in [6.07, 6.45) is 0. The fourth-order valence-electron chi connectivity index (χ4n) is 2.08. The van der Waals surface area contributed by atoms with Gasteiger partial charge in [-0.2, -0.15) is 0 Å². The minimum Gasteiger partial charge on any atom is -0.309 e. The van der Waals surface area contributed by atoms with E-state index in [4.69, 9.17) is 11.6 Å². The number of aryl methyl sites for hydroxylation is 1. The summed E-state index contributed by atoms with van der Waals surface area (Å²) in [7, 11) is 1.59. The van der Waals surface area contributed by atoms with Crippen LogP contribution < -0.4 is 5.32 Å². The SMILES string of the molecule is CNC(c1ccc(Cl)c(F)c1)c1ccc(C)c(F)c1F. The molecule has 0 aliphatic carbocycles. The maximum atomic E-state index is 14.0. The van der Waals surface area contributed by atoms with Crippen molar-refractivity contribution < 1.29 is 13.2 Å². The lowest BCUT2D eigenvalue weighted by molar-refractivity contribution is 0.482. The van der Waals surface area contributed by atoms with Crippen molar-refractivity contribution in [2.75, 3.05) is 7.05 Å². The molecule has 20 heavy (non-hydrogen) atoms. The molecule has 0 aromatic heterocycles. The van der Waals surface area contributed by atoms with E-state index in [9.17, 15) is 13.2 Å². The third-order valence-electron chi connectivity index (χ3n) is 3.18. The second-order valence-electron chi connectivity index (χ2n) is 4.49. The van der Waals surface area contributed by atoms with E-state index in [1.54, 1.807) is 13.1 Å². The highest BCUT2D eigenvalue weighted by Gasteiger charge is 2.20. The first-order valence-electron chi connectivity index (χ1n) is 6.02. The lowest BCUT2D eigenvalue weighted by Gasteiger charge is -2.19. The van der Waals surface area contributed by atoms with Crippen molar-refractivity contribution in [1.82, 2.24) is 5.32 Å². The third kappa shape index (κ3) is 2.67. The van der Waals surface area contributed by atoms with Crippen LogP contribution in [0.2, 0.25) is 5.02 Å². The molecule has 0 fully saturated rings. The first-order chi connectivity index (χ1) is 9.45. The number of hydrogen-bond donors (Lipinski definition) is 1. The number of benzene rings is 2. The van der Waals surface area contributed by atoms with Crippen LogP contribution in [0.4, 0.5) is 13.2 Å². The largest absolute Gasteiger partial charge is 0.309 e. The second kappa shape index (κ2) is 5.85. The van der Waals surface area contributed by atoms with E-state index < -0.39 is 23.5 Å². The number of hydrogen-bond acceptors (Lipinski definition) is 1. The smallest absolute Gasteiger partial charge is 0.164 e. The van der Waals surface area contributed by atoms with Gasteiger partial charge in [-0.25, -0.2) is 13.2 Å². The van der Waals surface area contributed by atoms with Crippen molar-refractivity contribution in [1.29, 1.82) is 0 Å². The van der Waals surface area contributed by atoms with Gasteiger partial charge in [-0.15, -0.1) is 0 Å². The summed E-state index contributed by atoms with van der Waals surface area (Å²) in [5.41, 5.74) is 0.817. The topological polar surface area (TPSA) is 12.0 Å². The molecule has 0 bridgehead atoms. The molecule has 0 saturated carbocycles. The Balaban J connectivity index is 2.52. The van der Waals surface area contributed by atoms with Crippen molar-refractivity contribution in [3.05, 3.63) is 69.5 Å². The van der Waals surface area contributed by atoms with E-state index in [0.29, 0.717) is 5.56 Å². The fourth-order valence-corrected chi connectivity index (χ4v) is 2.20. The Labute approximate surface area is 120 Å². The Kier molecular flexibility index (Phi) is 4.35. The first-order valence-corrected chi connectivity index (χ1v) is 6.40. The van der Waals surface area contributed by atoms with Gasteiger partial charge in [-0.05, 0) is 37.2 Å². The summed E-state index contributed by atoms with van der Waals surface area (Å²) < 4.78 is 41.2. The number of rotatable bonds is 3. The Morgan fingerprint density at radius 3 is 2.35 bits per heavy atom. The second-order valence-corrected chi connectivity index (χ2v) is 4.90. The minimum atomic E-state index is -0.931. The van der Waals surface area contributed by atoms with E-state index in [-0.39, 0.29) is 16.1 Å². The van der Waals surface area contributed by atoms with E-state index in [1.165, 1.54) is 31.2 Å². The minimum absolute atomic E-state index is 0.0147. The molecule has 2 rings (SSSR count). The van der Waals surface area contributed by atoms with Gasteiger partial charge in [0.25, 0.3) is 0 Å². The molecule has 0 spiro atoms. The average molecular weight is 300 g/mol. The van der Waals surface area contributed by atoms with Gasteiger partial charge in [-0.3, -0.25) is 0 Å². The highest BCUT2D eigenvalue weighted by atomic mass is 35.5. The van der Waals surface area contributed by atoms with Gasteiger partial charge < -0.3 is 5.32 Å². The van der Waals surface area contributed by atoms with Crippen molar-refractivity contribution >= 4 is 11.6 Å². The van der Waals surface area contributed by atoms with E-state index in [0.717, 1.165) is 0 Å². The first kappa shape index (κ1) is 14.9. The molecule has 0 heterocycles. The Morgan fingerprint density at radius 1 is 1.05 bits per heavy atom. The van der Waals surface area contributed by atoms with Crippen LogP contribution in [0, 0.1) is 24.4 Å². The zero-order valence-electron chi connectivity index (χ0n) is 11.0. The number of halogens is 4.